The molecular formula is C16H14N2O. The predicted molar refractivity (Wildman–Crippen MR) is 77.0 cm³/mol. The van der Waals surface area contributed by atoms with Gasteiger partial charge >= 0.3 is 0 Å². The van der Waals surface area contributed by atoms with E-state index in [9.17, 15) is 4.79 Å². The summed E-state index contributed by atoms with van der Waals surface area (Å²) in [5, 5.41) is 2.89. The quantitative estimate of drug-likeness (QED) is 0.874. The lowest BCUT2D eigenvalue weighted by molar-refractivity contribution is 0.102. The Labute approximate surface area is 112 Å². The van der Waals surface area contributed by atoms with Gasteiger partial charge in [0, 0.05) is 24.0 Å². The lowest BCUT2D eigenvalue weighted by Crippen LogP contribution is -2.13. The van der Waals surface area contributed by atoms with E-state index in [4.69, 9.17) is 0 Å². The molecule has 1 amide bonds. The first kappa shape index (κ1) is 11.7. The molecule has 3 rings (SSSR count). The zero-order valence-electron chi connectivity index (χ0n) is 10.5. The highest BCUT2D eigenvalue weighted by atomic mass is 16.1. The molecule has 3 heteroatoms. The lowest BCUT2D eigenvalue weighted by Gasteiger charge is -2.11. The van der Waals surface area contributed by atoms with Gasteiger partial charge in [-0.1, -0.05) is 24.3 Å². The third-order valence-electron chi connectivity index (χ3n) is 3.18. The van der Waals surface area contributed by atoms with E-state index >= 15 is 0 Å². The van der Waals surface area contributed by atoms with E-state index in [1.165, 1.54) is 5.56 Å². The third-order valence-corrected chi connectivity index (χ3v) is 3.18. The Bertz CT molecular complexity index is 632. The van der Waals surface area contributed by atoms with Crippen LogP contribution in [0, 0.1) is 0 Å². The number of anilines is 1. The van der Waals surface area contributed by atoms with Crippen molar-refractivity contribution in [2.75, 3.05) is 11.9 Å². The summed E-state index contributed by atoms with van der Waals surface area (Å²) in [6.07, 6.45) is 2.77. The summed E-state index contributed by atoms with van der Waals surface area (Å²) in [5.41, 5.74) is 3.81. The average Bonchev–Trinajstić information content (AvgIpc) is 2.48. The van der Waals surface area contributed by atoms with Crippen LogP contribution in [-0.4, -0.2) is 18.7 Å². The van der Waals surface area contributed by atoms with Crippen LogP contribution in [0.15, 0.2) is 53.5 Å². The molecule has 0 atom stereocenters. The number of carbonyl (C=O) groups is 1. The Morgan fingerprint density at radius 3 is 2.79 bits per heavy atom. The molecule has 2 aromatic carbocycles. The zero-order valence-corrected chi connectivity index (χ0v) is 10.5. The van der Waals surface area contributed by atoms with Gasteiger partial charge in [0.15, 0.2) is 0 Å². The van der Waals surface area contributed by atoms with Gasteiger partial charge in [-0.05, 0) is 41.8 Å². The fourth-order valence-electron chi connectivity index (χ4n) is 2.16. The highest BCUT2D eigenvalue weighted by molar-refractivity contribution is 6.04. The fraction of sp³-hybridized carbons (Fsp3) is 0.125. The second-order valence-corrected chi connectivity index (χ2v) is 4.52. The molecule has 0 bridgehead atoms. The van der Waals surface area contributed by atoms with Gasteiger partial charge in [-0.3, -0.25) is 9.79 Å². The van der Waals surface area contributed by atoms with Crippen molar-refractivity contribution >= 4 is 17.8 Å². The van der Waals surface area contributed by atoms with Crippen LogP contribution in [0.5, 0.6) is 0 Å². The minimum absolute atomic E-state index is 0.0727. The number of rotatable bonds is 2. The first-order valence-corrected chi connectivity index (χ1v) is 6.32. The summed E-state index contributed by atoms with van der Waals surface area (Å²) in [7, 11) is 0. The van der Waals surface area contributed by atoms with Crippen LogP contribution in [0.4, 0.5) is 5.69 Å². The van der Waals surface area contributed by atoms with Gasteiger partial charge in [0.05, 0.1) is 0 Å². The van der Waals surface area contributed by atoms with Crippen LogP contribution in [0.25, 0.3) is 0 Å². The second-order valence-electron chi connectivity index (χ2n) is 4.52. The summed E-state index contributed by atoms with van der Waals surface area (Å²) in [5.74, 6) is -0.0727. The molecule has 2 aromatic rings. The van der Waals surface area contributed by atoms with E-state index in [1.54, 1.807) is 0 Å². The summed E-state index contributed by atoms with van der Waals surface area (Å²) < 4.78 is 0. The minimum atomic E-state index is -0.0727. The normalized spacial score (nSPS) is 12.8. The smallest absolute Gasteiger partial charge is 0.255 e. The summed E-state index contributed by atoms with van der Waals surface area (Å²) >= 11 is 0. The topological polar surface area (TPSA) is 41.5 Å². The van der Waals surface area contributed by atoms with Gasteiger partial charge in [-0.2, -0.15) is 0 Å². The molecule has 0 saturated carbocycles. The summed E-state index contributed by atoms with van der Waals surface area (Å²) in [6.45, 7) is 0.802. The van der Waals surface area contributed by atoms with Crippen molar-refractivity contribution in [2.45, 2.75) is 6.42 Å². The molecule has 1 aliphatic heterocycles. The van der Waals surface area contributed by atoms with Crippen molar-refractivity contribution in [3.8, 4) is 0 Å². The van der Waals surface area contributed by atoms with Gasteiger partial charge in [0.25, 0.3) is 5.91 Å². The van der Waals surface area contributed by atoms with E-state index < -0.39 is 0 Å². The number of amides is 1. The van der Waals surface area contributed by atoms with E-state index in [0.29, 0.717) is 5.56 Å². The number of carbonyl (C=O) groups excluding carboxylic acids is 1. The Hall–Kier alpha value is -2.42. The van der Waals surface area contributed by atoms with Crippen molar-refractivity contribution in [3.63, 3.8) is 0 Å². The Balaban J connectivity index is 1.82. The van der Waals surface area contributed by atoms with Gasteiger partial charge in [0.2, 0.25) is 0 Å². The molecular weight excluding hydrogens is 236 g/mol. The molecule has 0 saturated heterocycles. The Morgan fingerprint density at radius 1 is 1.11 bits per heavy atom. The molecule has 3 nitrogen and oxygen atoms in total. The number of para-hydroxylation sites is 1. The SMILES string of the molecule is O=C(Nc1ccccc1)c1ccc2c(c1)CCN=C2. The minimum Gasteiger partial charge on any atom is -0.322 e. The number of nitrogens with zero attached hydrogens (tertiary/aromatic N) is 1. The number of hydrogen-bond acceptors (Lipinski definition) is 2. The predicted octanol–water partition coefficient (Wildman–Crippen LogP) is 2.91. The van der Waals surface area contributed by atoms with Crippen LogP contribution < -0.4 is 5.32 Å². The van der Waals surface area contributed by atoms with Crippen molar-refractivity contribution in [2.24, 2.45) is 4.99 Å². The van der Waals surface area contributed by atoms with Gasteiger partial charge in [-0.15, -0.1) is 0 Å². The van der Waals surface area contributed by atoms with E-state index in [0.717, 1.165) is 24.2 Å². The summed E-state index contributed by atoms with van der Waals surface area (Å²) in [4.78, 5) is 16.4. The van der Waals surface area contributed by atoms with Crippen molar-refractivity contribution in [1.82, 2.24) is 0 Å². The molecule has 0 unspecified atom stereocenters. The third kappa shape index (κ3) is 2.55. The van der Waals surface area contributed by atoms with Gasteiger partial charge in [0.1, 0.15) is 0 Å². The van der Waals surface area contributed by atoms with Crippen LogP contribution in [0.3, 0.4) is 0 Å². The maximum absolute atomic E-state index is 12.2. The molecule has 94 valence electrons. The molecule has 0 spiro atoms. The first-order chi connectivity index (χ1) is 9.33. The molecule has 1 aliphatic rings. The van der Waals surface area contributed by atoms with Crippen LogP contribution in [0.2, 0.25) is 0 Å². The number of benzene rings is 2. The highest BCUT2D eigenvalue weighted by Gasteiger charge is 2.10. The molecule has 0 radical (unpaired) electrons. The van der Waals surface area contributed by atoms with E-state index in [1.807, 2.05) is 54.7 Å². The molecule has 19 heavy (non-hydrogen) atoms. The van der Waals surface area contributed by atoms with Crippen LogP contribution in [-0.2, 0) is 6.42 Å². The molecule has 1 N–H and O–H groups in total. The second kappa shape index (κ2) is 5.06. The standard InChI is InChI=1S/C16H14N2O/c19-16(18-15-4-2-1-3-5-15)13-6-7-14-11-17-9-8-12(14)10-13/h1-7,10-11H,8-9H2,(H,18,19). The fourth-order valence-corrected chi connectivity index (χ4v) is 2.16. The Morgan fingerprint density at radius 2 is 1.95 bits per heavy atom. The van der Waals surface area contributed by atoms with Crippen molar-refractivity contribution in [1.29, 1.82) is 0 Å². The Kier molecular flexibility index (Phi) is 3.11. The van der Waals surface area contributed by atoms with Crippen LogP contribution >= 0.6 is 0 Å². The molecule has 1 heterocycles. The lowest BCUT2D eigenvalue weighted by atomic mass is 10.00. The van der Waals surface area contributed by atoms with Crippen molar-refractivity contribution < 1.29 is 4.79 Å². The number of aliphatic imine (C=N–C) groups is 1. The maximum Gasteiger partial charge on any atom is 0.255 e. The molecule has 0 aliphatic carbocycles. The van der Waals surface area contributed by atoms with Gasteiger partial charge in [-0.25, -0.2) is 0 Å². The first-order valence-electron chi connectivity index (χ1n) is 6.32. The van der Waals surface area contributed by atoms with E-state index in [2.05, 4.69) is 10.3 Å². The number of fused-ring (bicyclic) bond motifs is 1. The largest absolute Gasteiger partial charge is 0.322 e. The number of nitrogens with one attached hydrogen (secondary N) is 1. The number of hydrogen-bond donors (Lipinski definition) is 1. The van der Waals surface area contributed by atoms with Gasteiger partial charge < -0.3 is 5.32 Å². The highest BCUT2D eigenvalue weighted by Crippen LogP contribution is 2.16. The van der Waals surface area contributed by atoms with Crippen LogP contribution in [0.1, 0.15) is 21.5 Å². The monoisotopic (exact) mass is 250 g/mol. The van der Waals surface area contributed by atoms with E-state index in [-0.39, 0.29) is 5.91 Å². The molecule has 0 aromatic heterocycles. The zero-order chi connectivity index (χ0) is 13.1. The maximum atomic E-state index is 12.2. The summed E-state index contributed by atoms with van der Waals surface area (Å²) in [6, 6.07) is 15.2. The van der Waals surface area contributed by atoms with Crippen molar-refractivity contribution in [3.05, 3.63) is 65.2 Å². The molecule has 0 fully saturated rings. The average molecular weight is 250 g/mol.